The Morgan fingerprint density at radius 1 is 1.26 bits per heavy atom. The van der Waals surface area contributed by atoms with Crippen molar-refractivity contribution < 1.29 is 4.39 Å². The molecule has 2 aromatic rings. The first-order chi connectivity index (χ1) is 14.7. The zero-order valence-corrected chi connectivity index (χ0v) is 18.7. The molecule has 1 heterocycles. The number of nitrogens with one attached hydrogen (secondary N) is 4. The third-order valence-electron chi connectivity index (χ3n) is 4.09. The molecule has 0 atom stereocenters. The maximum Gasteiger partial charge on any atom is 0.229 e. The summed E-state index contributed by atoms with van der Waals surface area (Å²) in [4.78, 5) is 8.92. The summed E-state index contributed by atoms with van der Waals surface area (Å²) in [5.41, 5.74) is 9.74. The van der Waals surface area contributed by atoms with E-state index in [1.54, 1.807) is 19.3 Å². The molecule has 0 aliphatic carbocycles. The molecule has 31 heavy (non-hydrogen) atoms. The fourth-order valence-electron chi connectivity index (χ4n) is 2.68. The van der Waals surface area contributed by atoms with Gasteiger partial charge in [-0.3, -0.25) is 5.41 Å². The second-order valence-electron chi connectivity index (χ2n) is 6.93. The third-order valence-corrected chi connectivity index (χ3v) is 4.29. The highest BCUT2D eigenvalue weighted by Gasteiger charge is 2.13. The molecule has 0 unspecified atom stereocenters. The molecular weight excluding hydrogens is 417 g/mol. The van der Waals surface area contributed by atoms with Gasteiger partial charge in [0.15, 0.2) is 0 Å². The van der Waals surface area contributed by atoms with Crippen molar-refractivity contribution in [2.45, 2.75) is 27.2 Å². The first-order valence-corrected chi connectivity index (χ1v) is 10.0. The van der Waals surface area contributed by atoms with Gasteiger partial charge >= 0.3 is 0 Å². The van der Waals surface area contributed by atoms with Crippen LogP contribution >= 0.6 is 11.6 Å². The quantitative estimate of drug-likeness (QED) is 0.202. The first-order valence-electron chi connectivity index (χ1n) is 9.67. The van der Waals surface area contributed by atoms with Gasteiger partial charge in [0.2, 0.25) is 5.95 Å². The molecule has 0 saturated carbocycles. The van der Waals surface area contributed by atoms with Crippen molar-refractivity contribution in [2.24, 2.45) is 0 Å². The number of nitrogen functional groups attached to an aromatic ring is 1. The van der Waals surface area contributed by atoms with E-state index in [9.17, 15) is 4.39 Å². The van der Waals surface area contributed by atoms with E-state index in [-0.39, 0.29) is 11.1 Å². The molecule has 0 saturated heterocycles. The summed E-state index contributed by atoms with van der Waals surface area (Å²) in [5, 5.41) is 16.3. The molecule has 0 aliphatic heterocycles. The molecule has 6 N–H and O–H groups in total. The van der Waals surface area contributed by atoms with Crippen molar-refractivity contribution in [2.75, 3.05) is 23.4 Å². The summed E-state index contributed by atoms with van der Waals surface area (Å²) in [5.74, 6) is 0.227. The Balaban J connectivity index is 2.56. The fourth-order valence-corrected chi connectivity index (χ4v) is 2.78. The normalized spacial score (nSPS) is 11.7. The summed E-state index contributed by atoms with van der Waals surface area (Å²) in [6.45, 7) is 6.06. The second kappa shape index (κ2) is 11.1. The van der Waals surface area contributed by atoms with Crippen LogP contribution in [-0.4, -0.2) is 22.2 Å². The molecule has 9 heteroatoms. The lowest BCUT2D eigenvalue weighted by Crippen LogP contribution is -2.13. The van der Waals surface area contributed by atoms with Gasteiger partial charge < -0.3 is 21.7 Å². The van der Waals surface area contributed by atoms with E-state index in [1.165, 1.54) is 18.3 Å². The molecule has 0 spiro atoms. The average Bonchev–Trinajstić information content (AvgIpc) is 2.68. The maximum absolute atomic E-state index is 13.9. The number of halogens is 2. The van der Waals surface area contributed by atoms with E-state index in [4.69, 9.17) is 22.7 Å². The van der Waals surface area contributed by atoms with Crippen LogP contribution in [0.4, 0.5) is 27.5 Å². The van der Waals surface area contributed by atoms with Crippen LogP contribution in [0.15, 0.2) is 54.0 Å². The SMILES string of the molecule is CC/C(=C\C=C(C)C)c1cnc(N/C(=C/NC)C(=N)Cl)nc1Nc1cc(N)cc(F)c1. The number of hydrogen-bond donors (Lipinski definition) is 5. The van der Waals surface area contributed by atoms with Gasteiger partial charge in [-0.15, -0.1) is 0 Å². The van der Waals surface area contributed by atoms with Crippen molar-refractivity contribution in [3.8, 4) is 0 Å². The van der Waals surface area contributed by atoms with Crippen molar-refractivity contribution >= 4 is 45.5 Å². The predicted octanol–water partition coefficient (Wildman–Crippen LogP) is 5.39. The number of nitrogens with zero attached hydrogens (tertiary/aromatic N) is 2. The lowest BCUT2D eigenvalue weighted by atomic mass is 10.0. The topological polar surface area (TPSA) is 112 Å². The highest BCUT2D eigenvalue weighted by molar-refractivity contribution is 6.68. The minimum absolute atomic E-state index is 0.202. The molecule has 1 aromatic heterocycles. The van der Waals surface area contributed by atoms with Crippen LogP contribution in [0.2, 0.25) is 0 Å². The molecule has 0 bridgehead atoms. The van der Waals surface area contributed by atoms with Gasteiger partial charge in [-0.1, -0.05) is 36.2 Å². The third kappa shape index (κ3) is 7.11. The number of allylic oxidation sites excluding steroid dienone is 5. The van der Waals surface area contributed by atoms with E-state index in [0.29, 0.717) is 22.9 Å². The Kier molecular flexibility index (Phi) is 8.57. The standard InChI is InChI=1S/C22H27ClFN7/c1-5-14(7-6-13(2)3)18-11-28-22(30-19(12-27-4)20(23)26)31-21(18)29-17-9-15(24)8-16(25)10-17/h6-12,26-27H,5,25H2,1-4H3,(H2,28,29,30,31)/b14-7+,19-12+,26-20?. The maximum atomic E-state index is 13.9. The van der Waals surface area contributed by atoms with Crippen molar-refractivity contribution in [1.82, 2.24) is 15.3 Å². The monoisotopic (exact) mass is 443 g/mol. The molecule has 0 amide bonds. The largest absolute Gasteiger partial charge is 0.399 e. The molecule has 7 nitrogen and oxygen atoms in total. The van der Waals surface area contributed by atoms with Crippen LogP contribution in [0.3, 0.4) is 0 Å². The number of benzene rings is 1. The van der Waals surface area contributed by atoms with Gasteiger partial charge in [-0.25, -0.2) is 9.37 Å². The Bertz CT molecular complexity index is 1020. The van der Waals surface area contributed by atoms with Crippen molar-refractivity contribution in [3.05, 3.63) is 65.4 Å². The Morgan fingerprint density at radius 3 is 2.58 bits per heavy atom. The number of anilines is 4. The molecule has 2 rings (SSSR count). The molecule has 0 radical (unpaired) electrons. The lowest BCUT2D eigenvalue weighted by molar-refractivity contribution is 0.629. The van der Waals surface area contributed by atoms with Gasteiger partial charge in [0.1, 0.15) is 16.8 Å². The Hall–Kier alpha value is -3.39. The Labute approximate surface area is 186 Å². The van der Waals surface area contributed by atoms with Crippen LogP contribution in [0.1, 0.15) is 32.8 Å². The zero-order chi connectivity index (χ0) is 23.0. The summed E-state index contributed by atoms with van der Waals surface area (Å²) in [6.07, 6.45) is 7.95. The van der Waals surface area contributed by atoms with Crippen LogP contribution in [0.25, 0.3) is 5.57 Å². The number of nitrogens with two attached hydrogens (primary N) is 1. The smallest absolute Gasteiger partial charge is 0.229 e. The number of rotatable bonds is 9. The van der Waals surface area contributed by atoms with Gasteiger partial charge in [-0.05, 0) is 44.0 Å². The van der Waals surface area contributed by atoms with Crippen LogP contribution < -0.4 is 21.7 Å². The van der Waals surface area contributed by atoms with Crippen LogP contribution in [0.5, 0.6) is 0 Å². The van der Waals surface area contributed by atoms with E-state index in [2.05, 4.69) is 25.9 Å². The van der Waals surface area contributed by atoms with Crippen LogP contribution in [-0.2, 0) is 0 Å². The first kappa shape index (κ1) is 23.9. The minimum Gasteiger partial charge on any atom is -0.399 e. The summed E-state index contributed by atoms with van der Waals surface area (Å²) >= 11 is 5.82. The van der Waals surface area contributed by atoms with E-state index >= 15 is 0 Å². The highest BCUT2D eigenvalue weighted by atomic mass is 35.5. The molecule has 0 aliphatic rings. The number of hydrogen-bond acceptors (Lipinski definition) is 7. The van der Waals surface area contributed by atoms with Gasteiger partial charge in [0.25, 0.3) is 0 Å². The van der Waals surface area contributed by atoms with Crippen molar-refractivity contribution in [3.63, 3.8) is 0 Å². The molecule has 0 fully saturated rings. The van der Waals surface area contributed by atoms with Gasteiger partial charge in [-0.2, -0.15) is 4.98 Å². The molecular formula is C22H27ClFN7. The lowest BCUT2D eigenvalue weighted by Gasteiger charge is -2.15. The summed E-state index contributed by atoms with van der Waals surface area (Å²) < 4.78 is 13.9. The van der Waals surface area contributed by atoms with Gasteiger partial charge in [0.05, 0.1) is 5.70 Å². The fraction of sp³-hybridized carbons (Fsp3) is 0.227. The second-order valence-corrected chi connectivity index (χ2v) is 7.31. The summed E-state index contributed by atoms with van der Waals surface area (Å²) in [6, 6.07) is 4.20. The predicted molar refractivity (Wildman–Crippen MR) is 128 cm³/mol. The van der Waals surface area contributed by atoms with Crippen molar-refractivity contribution in [1.29, 1.82) is 5.41 Å². The summed E-state index contributed by atoms with van der Waals surface area (Å²) in [7, 11) is 1.69. The van der Waals surface area contributed by atoms with E-state index < -0.39 is 5.82 Å². The molecule has 1 aromatic carbocycles. The van der Waals surface area contributed by atoms with Crippen LogP contribution in [0, 0.1) is 11.2 Å². The van der Waals surface area contributed by atoms with E-state index in [1.807, 2.05) is 32.9 Å². The van der Waals surface area contributed by atoms with Gasteiger partial charge in [0, 0.05) is 36.4 Å². The average molecular weight is 444 g/mol. The zero-order valence-electron chi connectivity index (χ0n) is 18.0. The highest BCUT2D eigenvalue weighted by Crippen LogP contribution is 2.29. The minimum atomic E-state index is -0.456. The van der Waals surface area contributed by atoms with E-state index in [0.717, 1.165) is 23.1 Å². The molecule has 164 valence electrons. The Morgan fingerprint density at radius 2 is 2.00 bits per heavy atom. The number of aromatic nitrogens is 2.